The third-order valence-electron chi connectivity index (χ3n) is 1.90. The molecule has 0 aromatic carbocycles. The van der Waals surface area contributed by atoms with Crippen molar-refractivity contribution < 1.29 is 0 Å². The second kappa shape index (κ2) is 5.36. The predicted molar refractivity (Wildman–Crippen MR) is 57.2 cm³/mol. The summed E-state index contributed by atoms with van der Waals surface area (Å²) in [6, 6.07) is 0. The normalized spacial score (nSPS) is 10.8. The number of allylic oxidation sites excluding steroid dienone is 1. The molecule has 0 saturated heterocycles. The molecule has 0 radical (unpaired) electrons. The molecule has 0 fully saturated rings. The maximum absolute atomic E-state index is 4.17. The number of imidazole rings is 1. The van der Waals surface area contributed by atoms with Crippen LogP contribution in [0.2, 0.25) is 0 Å². The van der Waals surface area contributed by atoms with E-state index in [1.807, 2.05) is 6.08 Å². The predicted octanol–water partition coefficient (Wildman–Crippen LogP) is 3.26. The molecule has 0 amide bonds. The fraction of sp³-hybridized carbons (Fsp3) is 0.364. The van der Waals surface area contributed by atoms with Gasteiger partial charge in [0.15, 0.2) is 0 Å². The first kappa shape index (κ1) is 9.78. The number of aromatic amines is 1. The minimum Gasteiger partial charge on any atom is -0.345 e. The molecule has 1 aromatic rings. The summed E-state index contributed by atoms with van der Waals surface area (Å²) in [5, 5.41) is 0. The second-order valence-electron chi connectivity index (χ2n) is 2.95. The van der Waals surface area contributed by atoms with Gasteiger partial charge >= 0.3 is 0 Å². The lowest BCUT2D eigenvalue weighted by Gasteiger charge is -1.90. The van der Waals surface area contributed by atoms with E-state index in [4.69, 9.17) is 0 Å². The SMILES string of the molecule is C=Cc1[nH]cnc1/C=C/CCCC. The first-order valence-corrected chi connectivity index (χ1v) is 4.70. The van der Waals surface area contributed by atoms with Crippen LogP contribution < -0.4 is 0 Å². The maximum Gasteiger partial charge on any atom is 0.0931 e. The molecule has 1 aromatic heterocycles. The highest BCUT2D eigenvalue weighted by molar-refractivity contribution is 5.58. The third kappa shape index (κ3) is 2.90. The van der Waals surface area contributed by atoms with Crippen LogP contribution in [-0.4, -0.2) is 9.97 Å². The van der Waals surface area contributed by atoms with Crippen LogP contribution in [0.15, 0.2) is 19.0 Å². The van der Waals surface area contributed by atoms with Gasteiger partial charge < -0.3 is 4.98 Å². The highest BCUT2D eigenvalue weighted by atomic mass is 14.9. The van der Waals surface area contributed by atoms with Gasteiger partial charge in [0.25, 0.3) is 0 Å². The van der Waals surface area contributed by atoms with E-state index in [1.165, 1.54) is 12.8 Å². The van der Waals surface area contributed by atoms with E-state index in [0.29, 0.717) is 0 Å². The van der Waals surface area contributed by atoms with Gasteiger partial charge in [-0.1, -0.05) is 32.4 Å². The standard InChI is InChI=1S/C11H16N2/c1-3-5-6-7-8-11-10(4-2)12-9-13-11/h4,7-9H,2-3,5-6H2,1H3,(H,12,13)/b8-7+. The Bertz CT molecular complexity index is 284. The lowest BCUT2D eigenvalue weighted by atomic mass is 10.2. The summed E-state index contributed by atoms with van der Waals surface area (Å²) in [6.07, 6.45) is 11.3. The first-order chi connectivity index (χ1) is 6.38. The fourth-order valence-corrected chi connectivity index (χ4v) is 1.13. The minimum atomic E-state index is 0.978. The van der Waals surface area contributed by atoms with Gasteiger partial charge in [0.2, 0.25) is 0 Å². The summed E-state index contributed by atoms with van der Waals surface area (Å²) in [4.78, 5) is 7.19. The summed E-state index contributed by atoms with van der Waals surface area (Å²) < 4.78 is 0. The first-order valence-electron chi connectivity index (χ1n) is 4.70. The summed E-state index contributed by atoms with van der Waals surface area (Å²) in [5.74, 6) is 0. The third-order valence-corrected chi connectivity index (χ3v) is 1.90. The zero-order valence-electron chi connectivity index (χ0n) is 8.09. The lowest BCUT2D eigenvalue weighted by molar-refractivity contribution is 0.816. The highest BCUT2D eigenvalue weighted by Gasteiger charge is 1.95. The average Bonchev–Trinajstić information content (AvgIpc) is 2.60. The maximum atomic E-state index is 4.17. The van der Waals surface area contributed by atoms with E-state index in [2.05, 4.69) is 29.5 Å². The Kier molecular flexibility index (Phi) is 4.03. The molecule has 0 spiro atoms. The van der Waals surface area contributed by atoms with Crippen molar-refractivity contribution in [1.29, 1.82) is 0 Å². The summed E-state index contributed by atoms with van der Waals surface area (Å²) >= 11 is 0. The van der Waals surface area contributed by atoms with Crippen molar-refractivity contribution in [3.8, 4) is 0 Å². The molecule has 1 N–H and O–H groups in total. The number of nitrogens with one attached hydrogen (secondary N) is 1. The van der Waals surface area contributed by atoms with Crippen molar-refractivity contribution >= 4 is 12.2 Å². The van der Waals surface area contributed by atoms with Crippen LogP contribution in [-0.2, 0) is 0 Å². The van der Waals surface area contributed by atoms with Crippen LogP contribution >= 0.6 is 0 Å². The molecule has 1 heterocycles. The van der Waals surface area contributed by atoms with Gasteiger partial charge in [-0.05, 0) is 18.6 Å². The van der Waals surface area contributed by atoms with Gasteiger partial charge in [0, 0.05) is 0 Å². The van der Waals surface area contributed by atoms with Crippen molar-refractivity contribution in [2.75, 3.05) is 0 Å². The second-order valence-corrected chi connectivity index (χ2v) is 2.95. The summed E-state index contributed by atoms with van der Waals surface area (Å²) in [6.45, 7) is 5.90. The highest BCUT2D eigenvalue weighted by Crippen LogP contribution is 2.07. The number of unbranched alkanes of at least 4 members (excludes halogenated alkanes) is 2. The summed E-state index contributed by atoms with van der Waals surface area (Å²) in [7, 11) is 0. The van der Waals surface area contributed by atoms with Crippen molar-refractivity contribution in [2.24, 2.45) is 0 Å². The Morgan fingerprint density at radius 2 is 2.46 bits per heavy atom. The number of hydrogen-bond donors (Lipinski definition) is 1. The molecule has 0 saturated carbocycles. The lowest BCUT2D eigenvalue weighted by Crippen LogP contribution is -1.76. The number of aromatic nitrogens is 2. The van der Waals surface area contributed by atoms with Gasteiger partial charge in [0.1, 0.15) is 0 Å². The number of rotatable bonds is 5. The number of nitrogens with zero attached hydrogens (tertiary/aromatic N) is 1. The molecule has 2 nitrogen and oxygen atoms in total. The largest absolute Gasteiger partial charge is 0.345 e. The Labute approximate surface area is 79.4 Å². The van der Waals surface area contributed by atoms with Crippen LogP contribution in [0.3, 0.4) is 0 Å². The van der Waals surface area contributed by atoms with Gasteiger partial charge in [-0.25, -0.2) is 4.98 Å². The van der Waals surface area contributed by atoms with Gasteiger partial charge in [-0.3, -0.25) is 0 Å². The minimum absolute atomic E-state index is 0.978. The van der Waals surface area contributed by atoms with Crippen molar-refractivity contribution in [3.63, 3.8) is 0 Å². The molecular weight excluding hydrogens is 160 g/mol. The molecule has 0 aliphatic carbocycles. The zero-order valence-corrected chi connectivity index (χ0v) is 8.09. The smallest absolute Gasteiger partial charge is 0.0931 e. The molecule has 0 atom stereocenters. The van der Waals surface area contributed by atoms with E-state index in [0.717, 1.165) is 17.8 Å². The molecule has 1 rings (SSSR count). The van der Waals surface area contributed by atoms with Crippen LogP contribution in [0.25, 0.3) is 12.2 Å². The molecule has 70 valence electrons. The Morgan fingerprint density at radius 1 is 1.62 bits per heavy atom. The fourth-order valence-electron chi connectivity index (χ4n) is 1.13. The molecule has 0 bridgehead atoms. The van der Waals surface area contributed by atoms with E-state index >= 15 is 0 Å². The van der Waals surface area contributed by atoms with Gasteiger partial charge in [-0.2, -0.15) is 0 Å². The van der Waals surface area contributed by atoms with Crippen LogP contribution in [0.5, 0.6) is 0 Å². The van der Waals surface area contributed by atoms with Gasteiger partial charge in [-0.15, -0.1) is 0 Å². The number of hydrogen-bond acceptors (Lipinski definition) is 1. The quantitative estimate of drug-likeness (QED) is 0.685. The molecule has 0 aliphatic rings. The van der Waals surface area contributed by atoms with E-state index in [-0.39, 0.29) is 0 Å². The Morgan fingerprint density at radius 3 is 3.15 bits per heavy atom. The van der Waals surface area contributed by atoms with Crippen molar-refractivity contribution in [3.05, 3.63) is 30.4 Å². The summed E-state index contributed by atoms with van der Waals surface area (Å²) in [5.41, 5.74) is 1.97. The molecule has 0 unspecified atom stereocenters. The van der Waals surface area contributed by atoms with E-state index in [1.54, 1.807) is 12.4 Å². The van der Waals surface area contributed by atoms with Crippen LogP contribution in [0.1, 0.15) is 37.6 Å². The van der Waals surface area contributed by atoms with Crippen molar-refractivity contribution in [2.45, 2.75) is 26.2 Å². The molecule has 13 heavy (non-hydrogen) atoms. The Hall–Kier alpha value is -1.31. The monoisotopic (exact) mass is 176 g/mol. The zero-order chi connectivity index (χ0) is 9.52. The topological polar surface area (TPSA) is 28.7 Å². The van der Waals surface area contributed by atoms with Crippen molar-refractivity contribution in [1.82, 2.24) is 9.97 Å². The number of H-pyrrole nitrogens is 1. The molecule has 0 aliphatic heterocycles. The van der Waals surface area contributed by atoms with Crippen LogP contribution in [0.4, 0.5) is 0 Å². The Balaban J connectivity index is 2.52. The van der Waals surface area contributed by atoms with Crippen LogP contribution in [0, 0.1) is 0 Å². The molecular formula is C11H16N2. The molecule has 2 heteroatoms. The average molecular weight is 176 g/mol. The van der Waals surface area contributed by atoms with E-state index in [9.17, 15) is 0 Å². The van der Waals surface area contributed by atoms with Gasteiger partial charge in [0.05, 0.1) is 17.7 Å². The van der Waals surface area contributed by atoms with E-state index < -0.39 is 0 Å².